The molecule has 0 aliphatic rings. The average Bonchev–Trinajstić information content (AvgIpc) is 2.42. The number of ether oxygens (including phenoxy) is 2. The van der Waals surface area contributed by atoms with Gasteiger partial charge in [0.1, 0.15) is 0 Å². The summed E-state index contributed by atoms with van der Waals surface area (Å²) in [5, 5.41) is 0. The Balaban J connectivity index is 2.12. The Hall–Kier alpha value is -0.0700. The lowest BCUT2D eigenvalue weighted by Crippen LogP contribution is -2.07. The summed E-state index contributed by atoms with van der Waals surface area (Å²) in [7, 11) is 0. The molecule has 0 bridgehead atoms. The van der Waals surface area contributed by atoms with Crippen LogP contribution in [-0.2, 0) is 20.6 Å². The SMILES string of the molecule is CC(=O)c1cccc(COCCOCCOPI)c1. The number of hydrogen-bond acceptors (Lipinski definition) is 4. The first kappa shape index (κ1) is 17.0. The first-order chi connectivity index (χ1) is 9.24. The Labute approximate surface area is 128 Å². The van der Waals surface area contributed by atoms with E-state index < -0.39 is 0 Å². The minimum Gasteiger partial charge on any atom is -0.377 e. The van der Waals surface area contributed by atoms with E-state index in [1.54, 1.807) is 6.92 Å². The number of hydrogen-bond donors (Lipinski definition) is 0. The van der Waals surface area contributed by atoms with Crippen LogP contribution in [0.1, 0.15) is 22.8 Å². The van der Waals surface area contributed by atoms with Gasteiger partial charge in [-0.3, -0.25) is 4.79 Å². The Morgan fingerprint density at radius 3 is 2.68 bits per heavy atom. The van der Waals surface area contributed by atoms with Crippen LogP contribution in [0.15, 0.2) is 24.3 Å². The van der Waals surface area contributed by atoms with Crippen molar-refractivity contribution in [3.05, 3.63) is 35.4 Å². The molecule has 106 valence electrons. The second-order valence-electron chi connectivity index (χ2n) is 3.85. The van der Waals surface area contributed by atoms with Gasteiger partial charge in [-0.05, 0) is 40.6 Å². The van der Waals surface area contributed by atoms with E-state index >= 15 is 0 Å². The molecule has 0 spiro atoms. The fraction of sp³-hybridized carbons (Fsp3) is 0.462. The molecule has 1 aromatic rings. The summed E-state index contributed by atoms with van der Waals surface area (Å²) in [6.45, 7) is 4.85. The zero-order valence-corrected chi connectivity index (χ0v) is 14.0. The van der Waals surface area contributed by atoms with Crippen molar-refractivity contribution in [1.82, 2.24) is 0 Å². The van der Waals surface area contributed by atoms with Gasteiger partial charge in [-0.2, -0.15) is 0 Å². The summed E-state index contributed by atoms with van der Waals surface area (Å²) < 4.78 is 16.0. The van der Waals surface area contributed by atoms with Crippen molar-refractivity contribution in [2.45, 2.75) is 13.5 Å². The number of ketones is 1. The molecular weight excluding hydrogens is 378 g/mol. The summed E-state index contributed by atoms with van der Waals surface area (Å²) in [5.74, 6) is 0.0705. The quantitative estimate of drug-likeness (QED) is 0.263. The highest BCUT2D eigenvalue weighted by molar-refractivity contribution is 14.2. The summed E-state index contributed by atoms with van der Waals surface area (Å²) in [6.07, 6.45) is 0. The number of halogens is 1. The maximum absolute atomic E-state index is 11.2. The first-order valence-electron chi connectivity index (χ1n) is 5.97. The molecule has 1 rings (SSSR count). The van der Waals surface area contributed by atoms with E-state index in [0.29, 0.717) is 45.0 Å². The van der Waals surface area contributed by atoms with Crippen LogP contribution in [0.3, 0.4) is 0 Å². The Bertz CT molecular complexity index is 387. The van der Waals surface area contributed by atoms with E-state index in [0.717, 1.165) is 5.56 Å². The standard InChI is InChI=1S/C13H18IO4P/c1-11(15)13-4-2-3-12(9-13)10-17-6-5-16-7-8-18-19-14/h2-4,9,19H,5-8,10H2,1H3. The van der Waals surface area contributed by atoms with Crippen LogP contribution in [0.4, 0.5) is 0 Å². The second-order valence-corrected chi connectivity index (χ2v) is 5.61. The van der Waals surface area contributed by atoms with Crippen molar-refractivity contribution in [2.75, 3.05) is 26.4 Å². The van der Waals surface area contributed by atoms with Crippen LogP contribution < -0.4 is 0 Å². The first-order valence-corrected chi connectivity index (χ1v) is 9.99. The molecule has 0 amide bonds. The van der Waals surface area contributed by atoms with Gasteiger partial charge in [-0.15, -0.1) is 0 Å². The number of benzene rings is 1. The fourth-order valence-electron chi connectivity index (χ4n) is 1.43. The van der Waals surface area contributed by atoms with Crippen LogP contribution in [-0.4, -0.2) is 32.2 Å². The normalized spacial score (nSPS) is 11.3. The highest BCUT2D eigenvalue weighted by atomic mass is 127. The van der Waals surface area contributed by atoms with Gasteiger partial charge in [0.15, 0.2) is 5.78 Å². The number of carbonyl (C=O) groups is 1. The molecule has 0 fully saturated rings. The molecule has 0 heterocycles. The van der Waals surface area contributed by atoms with E-state index in [9.17, 15) is 4.79 Å². The largest absolute Gasteiger partial charge is 0.377 e. The zero-order valence-electron chi connectivity index (χ0n) is 10.9. The van der Waals surface area contributed by atoms with Crippen molar-refractivity contribution in [3.8, 4) is 0 Å². The highest BCUT2D eigenvalue weighted by Gasteiger charge is 2.00. The fourth-order valence-corrected chi connectivity index (χ4v) is 2.25. The summed E-state index contributed by atoms with van der Waals surface area (Å²) >= 11 is 2.18. The van der Waals surface area contributed by atoms with Gasteiger partial charge in [0.05, 0.1) is 39.5 Å². The lowest BCUT2D eigenvalue weighted by atomic mass is 10.1. The molecule has 1 unspecified atom stereocenters. The molecule has 6 heteroatoms. The average molecular weight is 396 g/mol. The molecule has 1 aromatic carbocycles. The number of Topliss-reactive ketones (excluding diaryl/α,β-unsaturated/α-hetero) is 1. The van der Waals surface area contributed by atoms with Gasteiger partial charge in [0.25, 0.3) is 0 Å². The molecule has 0 N–H and O–H groups in total. The third-order valence-electron chi connectivity index (χ3n) is 2.36. The van der Waals surface area contributed by atoms with Gasteiger partial charge >= 0.3 is 0 Å². The van der Waals surface area contributed by atoms with Gasteiger partial charge in [0.2, 0.25) is 0 Å². The van der Waals surface area contributed by atoms with E-state index in [4.69, 9.17) is 14.0 Å². The van der Waals surface area contributed by atoms with Crippen LogP contribution in [0.5, 0.6) is 0 Å². The predicted molar refractivity (Wildman–Crippen MR) is 85.2 cm³/mol. The van der Waals surface area contributed by atoms with Gasteiger partial charge in [0, 0.05) is 5.56 Å². The molecule has 0 radical (unpaired) electrons. The minimum atomic E-state index is 0.0705. The maximum Gasteiger partial charge on any atom is 0.159 e. The van der Waals surface area contributed by atoms with Crippen molar-refractivity contribution >= 4 is 34.3 Å². The van der Waals surface area contributed by atoms with Gasteiger partial charge in [-0.1, -0.05) is 18.2 Å². The zero-order chi connectivity index (χ0) is 13.9. The summed E-state index contributed by atoms with van der Waals surface area (Å²) in [6, 6.07) is 7.48. The Morgan fingerprint density at radius 1 is 1.21 bits per heavy atom. The number of rotatable bonds is 10. The lowest BCUT2D eigenvalue weighted by molar-refractivity contribution is 0.0321. The maximum atomic E-state index is 11.2. The van der Waals surface area contributed by atoms with E-state index in [1.165, 1.54) is 0 Å². The van der Waals surface area contributed by atoms with Crippen molar-refractivity contribution in [3.63, 3.8) is 0 Å². The minimum absolute atomic E-state index is 0.0705. The Kier molecular flexibility index (Phi) is 9.55. The van der Waals surface area contributed by atoms with Crippen LogP contribution in [0, 0.1) is 0 Å². The van der Waals surface area contributed by atoms with Gasteiger partial charge < -0.3 is 14.0 Å². The number of carbonyl (C=O) groups excluding carboxylic acids is 1. The highest BCUT2D eigenvalue weighted by Crippen LogP contribution is 2.20. The molecule has 19 heavy (non-hydrogen) atoms. The van der Waals surface area contributed by atoms with E-state index in [-0.39, 0.29) is 5.78 Å². The topological polar surface area (TPSA) is 44.8 Å². The van der Waals surface area contributed by atoms with Crippen LogP contribution >= 0.6 is 28.5 Å². The third kappa shape index (κ3) is 7.95. The molecule has 0 aliphatic heterocycles. The lowest BCUT2D eigenvalue weighted by Gasteiger charge is -2.06. The molecule has 4 nitrogen and oxygen atoms in total. The van der Waals surface area contributed by atoms with Crippen molar-refractivity contribution in [2.24, 2.45) is 0 Å². The van der Waals surface area contributed by atoms with Crippen molar-refractivity contribution < 1.29 is 18.8 Å². The Morgan fingerprint density at radius 2 is 1.95 bits per heavy atom. The molecule has 0 aromatic heterocycles. The van der Waals surface area contributed by atoms with Crippen LogP contribution in [0.2, 0.25) is 0 Å². The summed E-state index contributed by atoms with van der Waals surface area (Å²) in [5.41, 5.74) is 1.72. The molecule has 0 saturated heterocycles. The predicted octanol–water partition coefficient (Wildman–Crippen LogP) is 3.38. The molecule has 0 aliphatic carbocycles. The van der Waals surface area contributed by atoms with Gasteiger partial charge in [-0.25, -0.2) is 0 Å². The molecule has 0 saturated carbocycles. The third-order valence-corrected chi connectivity index (χ3v) is 3.61. The smallest absolute Gasteiger partial charge is 0.159 e. The second kappa shape index (κ2) is 10.7. The van der Waals surface area contributed by atoms with Crippen LogP contribution in [0.25, 0.3) is 0 Å². The monoisotopic (exact) mass is 396 g/mol. The van der Waals surface area contributed by atoms with E-state index in [2.05, 4.69) is 22.0 Å². The molecule has 1 atom stereocenters. The summed E-state index contributed by atoms with van der Waals surface area (Å²) in [4.78, 5) is 11.2. The van der Waals surface area contributed by atoms with E-state index in [1.807, 2.05) is 24.3 Å². The molecular formula is C13H18IO4P. The van der Waals surface area contributed by atoms with Crippen molar-refractivity contribution in [1.29, 1.82) is 0 Å².